The Labute approximate surface area is 359 Å². The molecule has 2 aromatic rings. The van der Waals surface area contributed by atoms with Gasteiger partial charge in [-0.2, -0.15) is 10.5 Å². The lowest BCUT2D eigenvalue weighted by molar-refractivity contribution is 0.295. The molecule has 0 bridgehead atoms. The van der Waals surface area contributed by atoms with Gasteiger partial charge < -0.3 is 23.7 Å². The van der Waals surface area contributed by atoms with Crippen LogP contribution in [0.25, 0.3) is 12.2 Å². The first-order valence-corrected chi connectivity index (χ1v) is 22.7. The van der Waals surface area contributed by atoms with Crippen LogP contribution in [0.15, 0.2) is 80.2 Å². The molecule has 0 fully saturated rings. The molecular weight excluding hydrogens is 844 g/mol. The van der Waals surface area contributed by atoms with E-state index < -0.39 is 0 Å². The van der Waals surface area contributed by atoms with Gasteiger partial charge in [0.1, 0.15) is 52.2 Å². The van der Waals surface area contributed by atoms with E-state index in [2.05, 4.69) is 59.6 Å². The van der Waals surface area contributed by atoms with Crippen LogP contribution in [-0.2, 0) is 4.74 Å². The topological polar surface area (TPSA) is 93.7 Å². The average molecular weight is 907 g/mol. The molecule has 1 heterocycles. The Balaban J connectivity index is 1.94. The Morgan fingerprint density at radius 2 is 0.860 bits per heavy atom. The number of benzene rings is 2. The molecule has 9 heteroatoms. The van der Waals surface area contributed by atoms with E-state index in [0.29, 0.717) is 43.5 Å². The van der Waals surface area contributed by atoms with Gasteiger partial charge in [0.05, 0.1) is 35.4 Å². The number of nitriles is 2. The molecule has 1 aliphatic heterocycles. The largest absolute Gasteiger partial charge is 0.493 e. The zero-order valence-corrected chi connectivity index (χ0v) is 37.8. The molecule has 0 atom stereocenters. The van der Waals surface area contributed by atoms with Gasteiger partial charge in [-0.15, -0.1) is 0 Å². The summed E-state index contributed by atoms with van der Waals surface area (Å²) in [6.45, 7) is 11.3. The number of hydrogen-bond donors (Lipinski definition) is 0. The fraction of sp³-hybridized carbons (Fsp3) is 0.500. The van der Waals surface area contributed by atoms with Crippen molar-refractivity contribution in [1.82, 2.24) is 0 Å². The number of rotatable bonds is 28. The zero-order valence-electron chi connectivity index (χ0n) is 34.6. The van der Waals surface area contributed by atoms with Crippen molar-refractivity contribution in [2.24, 2.45) is 0 Å². The molecule has 0 aromatic heterocycles. The van der Waals surface area contributed by atoms with Crippen molar-refractivity contribution < 1.29 is 23.7 Å². The molecule has 0 amide bonds. The Hall–Kier alpha value is -3.92. The minimum Gasteiger partial charge on any atom is -0.493 e. The van der Waals surface area contributed by atoms with E-state index in [9.17, 15) is 10.5 Å². The number of allylic oxidation sites excluding steroid dienone is 6. The lowest BCUT2D eigenvalue weighted by Crippen LogP contribution is -2.02. The second-order valence-electron chi connectivity index (χ2n) is 14.2. The number of unbranched alkanes of at least 4 members (excludes halogenated alkanes) is 12. The third kappa shape index (κ3) is 17.6. The molecule has 308 valence electrons. The molecule has 0 saturated carbocycles. The maximum absolute atomic E-state index is 9.83. The van der Waals surface area contributed by atoms with Crippen molar-refractivity contribution in [3.05, 3.63) is 91.3 Å². The molecule has 1 aliphatic rings. The maximum atomic E-state index is 9.83. The molecular formula is C48H62Br2N2O5. The lowest BCUT2D eigenvalue weighted by Gasteiger charge is -2.16. The van der Waals surface area contributed by atoms with Crippen molar-refractivity contribution in [2.75, 3.05) is 26.4 Å². The van der Waals surface area contributed by atoms with Crippen LogP contribution in [0.3, 0.4) is 0 Å². The van der Waals surface area contributed by atoms with E-state index in [1.165, 1.54) is 38.5 Å². The van der Waals surface area contributed by atoms with E-state index in [-0.39, 0.29) is 5.57 Å². The summed E-state index contributed by atoms with van der Waals surface area (Å²) >= 11 is 7.40. The highest BCUT2D eigenvalue weighted by Crippen LogP contribution is 2.37. The number of hydrogen-bond acceptors (Lipinski definition) is 7. The van der Waals surface area contributed by atoms with Crippen LogP contribution in [-0.4, -0.2) is 26.4 Å². The quantitative estimate of drug-likeness (QED) is 0.0620. The standard InChI is InChI=1S/C48H62Br2N2O5/c1-5-9-13-17-25-53-45-33-43(49)47(55-27-19-15-11-7-3)31-37(45)21-23-41-29-39(40(35-51)36-52)30-42(57-41)24-22-38-32-48(56-28-20-16-12-8-4)44(50)34-46(38)54-26-18-14-10-6-2/h21-24,29-34H,5-20,25-28H2,1-4H3/b23-21+,24-22+. The lowest BCUT2D eigenvalue weighted by atomic mass is 10.0. The number of halogens is 2. The SMILES string of the molecule is CCCCCCOc1cc(/C=C/C2=CC(=C(C#N)C#N)C=C(/C=C/c3cc(OCCCCCC)c(Br)cc3OCCCCCC)O2)c(OCCCCCC)cc1Br. The van der Waals surface area contributed by atoms with Gasteiger partial charge in [-0.25, -0.2) is 0 Å². The van der Waals surface area contributed by atoms with Crippen LogP contribution in [0.5, 0.6) is 23.0 Å². The van der Waals surface area contributed by atoms with Crippen LogP contribution in [0, 0.1) is 22.7 Å². The summed E-state index contributed by atoms with van der Waals surface area (Å²) < 4.78 is 33.0. The maximum Gasteiger partial charge on any atom is 0.137 e. The summed E-state index contributed by atoms with van der Waals surface area (Å²) in [5, 5.41) is 19.7. The highest BCUT2D eigenvalue weighted by molar-refractivity contribution is 9.11. The summed E-state index contributed by atoms with van der Waals surface area (Å²) in [7, 11) is 0. The molecule has 0 unspecified atom stereocenters. The van der Waals surface area contributed by atoms with Crippen LogP contribution in [0.1, 0.15) is 142 Å². The van der Waals surface area contributed by atoms with Gasteiger partial charge in [0, 0.05) is 16.7 Å². The van der Waals surface area contributed by atoms with Crippen LogP contribution < -0.4 is 18.9 Å². The predicted molar refractivity (Wildman–Crippen MR) is 240 cm³/mol. The van der Waals surface area contributed by atoms with Gasteiger partial charge in [-0.1, -0.05) is 105 Å². The second kappa shape index (κ2) is 28.5. The van der Waals surface area contributed by atoms with Crippen molar-refractivity contribution in [1.29, 1.82) is 10.5 Å². The molecule has 2 aromatic carbocycles. The van der Waals surface area contributed by atoms with Crippen molar-refractivity contribution in [3.63, 3.8) is 0 Å². The van der Waals surface area contributed by atoms with Gasteiger partial charge >= 0.3 is 0 Å². The minimum atomic E-state index is -0.00731. The van der Waals surface area contributed by atoms with Crippen molar-refractivity contribution >= 4 is 44.0 Å². The molecule has 0 radical (unpaired) electrons. The third-order valence-electron chi connectivity index (χ3n) is 9.35. The fourth-order valence-corrected chi connectivity index (χ4v) is 6.90. The summed E-state index contributed by atoms with van der Waals surface area (Å²) in [4.78, 5) is 0. The molecule has 57 heavy (non-hydrogen) atoms. The van der Waals surface area contributed by atoms with E-state index in [4.69, 9.17) is 23.7 Å². The van der Waals surface area contributed by atoms with Crippen LogP contribution >= 0.6 is 31.9 Å². The smallest absolute Gasteiger partial charge is 0.137 e. The van der Waals surface area contributed by atoms with Gasteiger partial charge in [-0.05, 0) is 118 Å². The Morgan fingerprint density at radius 1 is 0.509 bits per heavy atom. The van der Waals surface area contributed by atoms with E-state index in [0.717, 1.165) is 107 Å². The van der Waals surface area contributed by atoms with Gasteiger partial charge in [0.15, 0.2) is 0 Å². The first-order chi connectivity index (χ1) is 27.9. The first kappa shape index (κ1) is 47.5. The average Bonchev–Trinajstić information content (AvgIpc) is 3.21. The van der Waals surface area contributed by atoms with Gasteiger partial charge in [0.25, 0.3) is 0 Å². The molecule has 0 N–H and O–H groups in total. The third-order valence-corrected chi connectivity index (χ3v) is 10.6. The summed E-state index contributed by atoms with van der Waals surface area (Å²) in [5.41, 5.74) is 2.12. The monoisotopic (exact) mass is 904 g/mol. The van der Waals surface area contributed by atoms with Gasteiger partial charge in [0.2, 0.25) is 0 Å². The summed E-state index contributed by atoms with van der Waals surface area (Å²) in [6, 6.07) is 12.0. The Morgan fingerprint density at radius 3 is 1.19 bits per heavy atom. The molecule has 0 saturated heterocycles. The highest BCUT2D eigenvalue weighted by atomic mass is 79.9. The first-order valence-electron chi connectivity index (χ1n) is 21.1. The molecule has 3 rings (SSSR count). The molecule has 0 aliphatic carbocycles. The van der Waals surface area contributed by atoms with E-state index in [1.807, 2.05) is 60.7 Å². The van der Waals surface area contributed by atoms with E-state index >= 15 is 0 Å². The second-order valence-corrected chi connectivity index (χ2v) is 15.9. The van der Waals surface area contributed by atoms with Crippen LogP contribution in [0.4, 0.5) is 0 Å². The Kier molecular flexibility index (Phi) is 23.7. The normalized spacial score (nSPS) is 12.5. The summed E-state index contributed by atoms with van der Waals surface area (Å²) in [5.74, 6) is 3.87. The number of ether oxygens (including phenoxy) is 5. The van der Waals surface area contributed by atoms with Gasteiger partial charge in [-0.3, -0.25) is 0 Å². The molecule has 7 nitrogen and oxygen atoms in total. The fourth-order valence-electron chi connectivity index (χ4n) is 6.03. The van der Waals surface area contributed by atoms with Crippen LogP contribution in [0.2, 0.25) is 0 Å². The zero-order chi connectivity index (χ0) is 41.1. The van der Waals surface area contributed by atoms with Crippen molar-refractivity contribution in [2.45, 2.75) is 130 Å². The molecule has 0 spiro atoms. The highest BCUT2D eigenvalue weighted by Gasteiger charge is 2.15. The number of nitrogens with zero attached hydrogens (tertiary/aromatic N) is 2. The van der Waals surface area contributed by atoms with Crippen molar-refractivity contribution in [3.8, 4) is 35.1 Å². The Bertz CT molecular complexity index is 1650. The summed E-state index contributed by atoms with van der Waals surface area (Å²) in [6.07, 6.45) is 28.7. The predicted octanol–water partition coefficient (Wildman–Crippen LogP) is 14.9. The van der Waals surface area contributed by atoms with E-state index in [1.54, 1.807) is 12.2 Å². The minimum absolute atomic E-state index is 0.00731.